The molecule has 5 nitrogen and oxygen atoms in total. The molecule has 1 spiro atoms. The summed E-state index contributed by atoms with van der Waals surface area (Å²) >= 11 is 0. The molecular formula is C16H26N2O3. The first-order chi connectivity index (χ1) is 10.2. The Morgan fingerprint density at radius 2 is 2.14 bits per heavy atom. The van der Waals surface area contributed by atoms with E-state index in [9.17, 15) is 9.59 Å². The molecule has 0 aromatic heterocycles. The molecule has 0 radical (unpaired) electrons. The van der Waals surface area contributed by atoms with E-state index in [2.05, 4.69) is 5.32 Å². The minimum atomic E-state index is -0.0618. The third kappa shape index (κ3) is 3.57. The van der Waals surface area contributed by atoms with Crippen molar-refractivity contribution in [3.8, 4) is 0 Å². The molecule has 2 heterocycles. The number of amides is 2. The van der Waals surface area contributed by atoms with Gasteiger partial charge < -0.3 is 15.0 Å². The number of rotatable bonds is 3. The van der Waals surface area contributed by atoms with Crippen LogP contribution in [0.1, 0.15) is 57.8 Å². The van der Waals surface area contributed by atoms with E-state index in [4.69, 9.17) is 4.74 Å². The normalized spacial score (nSPS) is 28.7. The van der Waals surface area contributed by atoms with Crippen LogP contribution in [0.2, 0.25) is 0 Å². The monoisotopic (exact) mass is 294 g/mol. The third-order valence-corrected chi connectivity index (χ3v) is 5.16. The average molecular weight is 294 g/mol. The summed E-state index contributed by atoms with van der Waals surface area (Å²) in [5.74, 6) is 0.351. The standard InChI is InChI=1S/C16H26N2O3/c19-14-6-4-13(17-14)5-7-15(20)18-10-11-21-16(12-18)8-2-1-3-9-16/h13H,1-12H2,(H,17,19). The lowest BCUT2D eigenvalue weighted by Crippen LogP contribution is -2.54. The van der Waals surface area contributed by atoms with Crippen LogP contribution < -0.4 is 5.32 Å². The summed E-state index contributed by atoms with van der Waals surface area (Å²) in [7, 11) is 0. The molecule has 1 atom stereocenters. The highest BCUT2D eigenvalue weighted by molar-refractivity contribution is 5.79. The molecule has 2 saturated heterocycles. The van der Waals surface area contributed by atoms with Crippen molar-refractivity contribution in [2.24, 2.45) is 0 Å². The van der Waals surface area contributed by atoms with Crippen LogP contribution in [0.15, 0.2) is 0 Å². The maximum absolute atomic E-state index is 12.4. The third-order valence-electron chi connectivity index (χ3n) is 5.16. The molecule has 21 heavy (non-hydrogen) atoms. The lowest BCUT2D eigenvalue weighted by molar-refractivity contribution is -0.156. The highest BCUT2D eigenvalue weighted by atomic mass is 16.5. The SMILES string of the molecule is O=C1CCC(CCC(=O)N2CCOC3(CCCCC3)C2)N1. The molecule has 118 valence electrons. The Bertz CT molecular complexity index is 399. The molecule has 3 aliphatic rings. The van der Waals surface area contributed by atoms with E-state index in [1.54, 1.807) is 0 Å². The summed E-state index contributed by atoms with van der Waals surface area (Å²) in [5.41, 5.74) is -0.0618. The second kappa shape index (κ2) is 6.34. The fourth-order valence-corrected chi connectivity index (χ4v) is 3.91. The van der Waals surface area contributed by atoms with E-state index in [0.717, 1.165) is 38.8 Å². The second-order valence-electron chi connectivity index (χ2n) is 6.75. The van der Waals surface area contributed by atoms with Gasteiger partial charge >= 0.3 is 0 Å². The van der Waals surface area contributed by atoms with Crippen molar-refractivity contribution in [3.05, 3.63) is 0 Å². The molecule has 0 bridgehead atoms. The molecule has 1 aliphatic carbocycles. The smallest absolute Gasteiger partial charge is 0.222 e. The van der Waals surface area contributed by atoms with Crippen LogP contribution in [0.4, 0.5) is 0 Å². The van der Waals surface area contributed by atoms with Crippen molar-refractivity contribution < 1.29 is 14.3 Å². The van der Waals surface area contributed by atoms with Gasteiger partial charge in [0.25, 0.3) is 0 Å². The molecule has 2 amide bonds. The van der Waals surface area contributed by atoms with Gasteiger partial charge in [-0.05, 0) is 25.7 Å². The van der Waals surface area contributed by atoms with Crippen LogP contribution in [-0.4, -0.2) is 48.1 Å². The topological polar surface area (TPSA) is 58.6 Å². The first kappa shape index (κ1) is 14.8. The van der Waals surface area contributed by atoms with Gasteiger partial charge in [-0.2, -0.15) is 0 Å². The Balaban J connectivity index is 1.48. The Morgan fingerprint density at radius 1 is 1.33 bits per heavy atom. The number of carbonyl (C=O) groups is 2. The van der Waals surface area contributed by atoms with Gasteiger partial charge in [-0.25, -0.2) is 0 Å². The summed E-state index contributed by atoms with van der Waals surface area (Å²) < 4.78 is 6.03. The molecular weight excluding hydrogens is 268 g/mol. The highest BCUT2D eigenvalue weighted by Gasteiger charge is 2.39. The quantitative estimate of drug-likeness (QED) is 0.860. The minimum Gasteiger partial charge on any atom is -0.371 e. The highest BCUT2D eigenvalue weighted by Crippen LogP contribution is 2.34. The molecule has 0 aromatic carbocycles. The summed E-state index contributed by atoms with van der Waals surface area (Å²) in [6, 6.07) is 0.200. The number of hydrogen-bond donors (Lipinski definition) is 1. The van der Waals surface area contributed by atoms with Crippen molar-refractivity contribution in [3.63, 3.8) is 0 Å². The Morgan fingerprint density at radius 3 is 2.86 bits per heavy atom. The lowest BCUT2D eigenvalue weighted by atomic mass is 9.83. The van der Waals surface area contributed by atoms with Crippen LogP contribution >= 0.6 is 0 Å². The van der Waals surface area contributed by atoms with E-state index < -0.39 is 0 Å². The second-order valence-corrected chi connectivity index (χ2v) is 6.75. The van der Waals surface area contributed by atoms with Gasteiger partial charge in [-0.1, -0.05) is 19.3 Å². The van der Waals surface area contributed by atoms with Gasteiger partial charge in [0.15, 0.2) is 0 Å². The molecule has 5 heteroatoms. The zero-order chi connectivity index (χ0) is 14.7. The van der Waals surface area contributed by atoms with Crippen LogP contribution in [0.3, 0.4) is 0 Å². The van der Waals surface area contributed by atoms with E-state index in [-0.39, 0.29) is 23.5 Å². The maximum Gasteiger partial charge on any atom is 0.222 e. The van der Waals surface area contributed by atoms with Crippen LogP contribution in [0.25, 0.3) is 0 Å². The van der Waals surface area contributed by atoms with Gasteiger partial charge in [0.1, 0.15) is 0 Å². The van der Waals surface area contributed by atoms with Gasteiger partial charge in [0, 0.05) is 32.0 Å². The largest absolute Gasteiger partial charge is 0.371 e. The summed E-state index contributed by atoms with van der Waals surface area (Å²) in [5, 5.41) is 2.93. The van der Waals surface area contributed by atoms with E-state index in [1.807, 2.05) is 4.90 Å². The number of ether oxygens (including phenoxy) is 1. The Labute approximate surface area is 126 Å². The zero-order valence-corrected chi connectivity index (χ0v) is 12.7. The molecule has 1 saturated carbocycles. The number of morpholine rings is 1. The van der Waals surface area contributed by atoms with Crippen molar-refractivity contribution in [2.45, 2.75) is 69.4 Å². The van der Waals surface area contributed by atoms with Crippen LogP contribution in [0, 0.1) is 0 Å². The van der Waals surface area contributed by atoms with Gasteiger partial charge in [0.2, 0.25) is 11.8 Å². The zero-order valence-electron chi connectivity index (χ0n) is 12.7. The van der Waals surface area contributed by atoms with E-state index in [1.165, 1.54) is 19.3 Å². The predicted molar refractivity (Wildman–Crippen MR) is 78.7 cm³/mol. The first-order valence-corrected chi connectivity index (χ1v) is 8.38. The van der Waals surface area contributed by atoms with Crippen molar-refractivity contribution >= 4 is 11.8 Å². The van der Waals surface area contributed by atoms with Crippen LogP contribution in [0.5, 0.6) is 0 Å². The Hall–Kier alpha value is -1.10. The predicted octanol–water partition coefficient (Wildman–Crippen LogP) is 1.61. The van der Waals surface area contributed by atoms with Crippen LogP contribution in [-0.2, 0) is 14.3 Å². The van der Waals surface area contributed by atoms with Gasteiger partial charge in [-0.15, -0.1) is 0 Å². The Kier molecular flexibility index (Phi) is 4.48. The van der Waals surface area contributed by atoms with E-state index >= 15 is 0 Å². The van der Waals surface area contributed by atoms with Gasteiger partial charge in [0.05, 0.1) is 12.2 Å². The minimum absolute atomic E-state index is 0.0618. The number of nitrogens with zero attached hydrogens (tertiary/aromatic N) is 1. The lowest BCUT2D eigenvalue weighted by Gasteiger charge is -2.45. The first-order valence-electron chi connectivity index (χ1n) is 8.38. The van der Waals surface area contributed by atoms with Crippen molar-refractivity contribution in [1.82, 2.24) is 10.2 Å². The number of carbonyl (C=O) groups excluding carboxylic acids is 2. The fraction of sp³-hybridized carbons (Fsp3) is 0.875. The maximum atomic E-state index is 12.4. The fourth-order valence-electron chi connectivity index (χ4n) is 3.91. The van der Waals surface area contributed by atoms with Crippen molar-refractivity contribution in [1.29, 1.82) is 0 Å². The summed E-state index contributed by atoms with van der Waals surface area (Å²) in [6.45, 7) is 2.16. The summed E-state index contributed by atoms with van der Waals surface area (Å²) in [4.78, 5) is 25.6. The molecule has 1 unspecified atom stereocenters. The van der Waals surface area contributed by atoms with Gasteiger partial charge in [-0.3, -0.25) is 9.59 Å². The summed E-state index contributed by atoms with van der Waals surface area (Å²) in [6.07, 6.45) is 8.71. The molecule has 0 aromatic rings. The molecule has 3 fully saturated rings. The number of nitrogens with one attached hydrogen (secondary N) is 1. The van der Waals surface area contributed by atoms with E-state index in [0.29, 0.717) is 19.4 Å². The van der Waals surface area contributed by atoms with Crippen molar-refractivity contribution in [2.75, 3.05) is 19.7 Å². The molecule has 1 N–H and O–H groups in total. The molecule has 3 rings (SSSR count). The molecule has 2 aliphatic heterocycles. The average Bonchev–Trinajstić information content (AvgIpc) is 2.91. The number of hydrogen-bond acceptors (Lipinski definition) is 3.